The van der Waals surface area contributed by atoms with Gasteiger partial charge in [0, 0.05) is 6.54 Å². The highest BCUT2D eigenvalue weighted by molar-refractivity contribution is 6.30. The van der Waals surface area contributed by atoms with Crippen LogP contribution in [-0.2, 0) is 16.1 Å². The van der Waals surface area contributed by atoms with E-state index in [-0.39, 0.29) is 17.0 Å². The summed E-state index contributed by atoms with van der Waals surface area (Å²) in [5, 5.41) is 0.115. The second-order valence-electron chi connectivity index (χ2n) is 4.40. The minimum atomic E-state index is -0.428. The molecule has 0 amide bonds. The third-order valence-corrected chi connectivity index (χ3v) is 3.51. The zero-order valence-electron chi connectivity index (χ0n) is 10.2. The van der Waals surface area contributed by atoms with Gasteiger partial charge in [-0.3, -0.25) is 9.69 Å². The summed E-state index contributed by atoms with van der Waals surface area (Å²) < 4.78 is 18.1. The Labute approximate surface area is 110 Å². The minimum absolute atomic E-state index is 0.115. The first-order chi connectivity index (χ1) is 8.61. The summed E-state index contributed by atoms with van der Waals surface area (Å²) in [5.41, 5.74) is 0.813. The molecule has 1 aliphatic heterocycles. The predicted molar refractivity (Wildman–Crippen MR) is 66.9 cm³/mol. The molecule has 3 nitrogen and oxygen atoms in total. The Hall–Kier alpha value is -1.13. The molecule has 1 aromatic carbocycles. The number of carbonyl (C=O) groups excluding carboxylic acids is 1. The van der Waals surface area contributed by atoms with Gasteiger partial charge in [-0.25, -0.2) is 4.39 Å². The molecule has 0 aromatic heterocycles. The summed E-state index contributed by atoms with van der Waals surface area (Å²) in [6.07, 6.45) is 1.75. The van der Waals surface area contributed by atoms with Crippen molar-refractivity contribution in [2.75, 3.05) is 13.7 Å². The second kappa shape index (κ2) is 5.67. The van der Waals surface area contributed by atoms with Crippen LogP contribution in [0, 0.1) is 5.82 Å². The van der Waals surface area contributed by atoms with Crippen molar-refractivity contribution in [2.24, 2.45) is 0 Å². The first-order valence-electron chi connectivity index (χ1n) is 5.87. The lowest BCUT2D eigenvalue weighted by atomic mass is 10.2. The van der Waals surface area contributed by atoms with Gasteiger partial charge in [-0.15, -0.1) is 0 Å². The van der Waals surface area contributed by atoms with Crippen molar-refractivity contribution < 1.29 is 13.9 Å². The second-order valence-corrected chi connectivity index (χ2v) is 4.81. The van der Waals surface area contributed by atoms with Gasteiger partial charge in [-0.1, -0.05) is 17.7 Å². The summed E-state index contributed by atoms with van der Waals surface area (Å²) in [7, 11) is 1.39. The standard InChI is InChI=1S/C13H15ClFNO2/c1-18-13(17)12-3-2-6-16(12)8-9-4-5-10(14)11(15)7-9/h4-5,7,12H,2-3,6,8H2,1H3. The van der Waals surface area contributed by atoms with Crippen LogP contribution >= 0.6 is 11.6 Å². The van der Waals surface area contributed by atoms with Crippen molar-refractivity contribution in [1.82, 2.24) is 4.90 Å². The quantitative estimate of drug-likeness (QED) is 0.792. The summed E-state index contributed by atoms with van der Waals surface area (Å²) in [6, 6.07) is 4.51. The number of ether oxygens (including phenoxy) is 1. The van der Waals surface area contributed by atoms with Gasteiger partial charge in [0.05, 0.1) is 12.1 Å². The zero-order chi connectivity index (χ0) is 13.1. The molecule has 18 heavy (non-hydrogen) atoms. The first kappa shape index (κ1) is 13.3. The Morgan fingerprint density at radius 1 is 1.61 bits per heavy atom. The van der Waals surface area contributed by atoms with E-state index in [0.717, 1.165) is 24.9 Å². The van der Waals surface area contributed by atoms with Crippen molar-refractivity contribution in [3.05, 3.63) is 34.6 Å². The molecule has 1 saturated heterocycles. The Morgan fingerprint density at radius 2 is 2.39 bits per heavy atom. The van der Waals surface area contributed by atoms with E-state index in [2.05, 4.69) is 0 Å². The van der Waals surface area contributed by atoms with Gasteiger partial charge >= 0.3 is 5.97 Å². The number of halogens is 2. The van der Waals surface area contributed by atoms with E-state index in [4.69, 9.17) is 16.3 Å². The summed E-state index contributed by atoms with van der Waals surface area (Å²) in [4.78, 5) is 13.6. The van der Waals surface area contributed by atoms with Gasteiger partial charge in [-0.2, -0.15) is 0 Å². The summed E-state index contributed by atoms with van der Waals surface area (Å²) in [6.45, 7) is 1.36. The number of likely N-dealkylation sites (tertiary alicyclic amines) is 1. The number of nitrogens with zero attached hydrogens (tertiary/aromatic N) is 1. The Kier molecular flexibility index (Phi) is 4.19. The fourth-order valence-electron chi connectivity index (χ4n) is 2.29. The number of benzene rings is 1. The van der Waals surface area contributed by atoms with Gasteiger partial charge in [0.15, 0.2) is 0 Å². The molecule has 1 aromatic rings. The summed E-state index contributed by atoms with van der Waals surface area (Å²) in [5.74, 6) is -0.648. The Bertz CT molecular complexity index is 453. The van der Waals surface area contributed by atoms with Crippen molar-refractivity contribution in [1.29, 1.82) is 0 Å². The average molecular weight is 272 g/mol. The molecule has 0 radical (unpaired) electrons. The number of methoxy groups -OCH3 is 1. The molecule has 0 bridgehead atoms. The molecule has 98 valence electrons. The lowest BCUT2D eigenvalue weighted by Gasteiger charge is -2.22. The number of hydrogen-bond donors (Lipinski definition) is 0. The van der Waals surface area contributed by atoms with Crippen LogP contribution < -0.4 is 0 Å². The molecule has 2 rings (SSSR count). The molecule has 0 saturated carbocycles. The van der Waals surface area contributed by atoms with Crippen molar-refractivity contribution >= 4 is 17.6 Å². The lowest BCUT2D eigenvalue weighted by molar-refractivity contribution is -0.146. The molecule has 0 spiro atoms. The molecule has 0 aliphatic carbocycles. The Balaban J connectivity index is 2.08. The highest BCUT2D eigenvalue weighted by atomic mass is 35.5. The van der Waals surface area contributed by atoms with Crippen LogP contribution in [0.15, 0.2) is 18.2 Å². The van der Waals surface area contributed by atoms with Crippen LogP contribution in [0.2, 0.25) is 5.02 Å². The molecule has 1 aliphatic rings. The highest BCUT2D eigenvalue weighted by Crippen LogP contribution is 2.23. The molecule has 0 N–H and O–H groups in total. The van der Waals surface area contributed by atoms with Crippen molar-refractivity contribution in [3.8, 4) is 0 Å². The van der Waals surface area contributed by atoms with Gasteiger partial charge in [0.25, 0.3) is 0 Å². The normalized spacial score (nSPS) is 20.1. The number of carbonyl (C=O) groups is 1. The fraction of sp³-hybridized carbons (Fsp3) is 0.462. The molecule has 5 heteroatoms. The highest BCUT2D eigenvalue weighted by Gasteiger charge is 2.31. The average Bonchev–Trinajstić information content (AvgIpc) is 2.81. The van der Waals surface area contributed by atoms with Crippen LogP contribution in [0.4, 0.5) is 4.39 Å². The SMILES string of the molecule is COC(=O)C1CCCN1Cc1ccc(Cl)c(F)c1. The maximum atomic E-state index is 13.3. The van der Waals surface area contributed by atoms with E-state index in [1.807, 2.05) is 4.90 Å². The largest absolute Gasteiger partial charge is 0.468 e. The maximum absolute atomic E-state index is 13.3. The lowest BCUT2D eigenvalue weighted by Crippen LogP contribution is -2.36. The molecular weight excluding hydrogens is 257 g/mol. The van der Waals surface area contributed by atoms with Gasteiger partial charge < -0.3 is 4.74 Å². The Morgan fingerprint density at radius 3 is 3.06 bits per heavy atom. The van der Waals surface area contributed by atoms with Gasteiger partial charge in [-0.05, 0) is 37.1 Å². The minimum Gasteiger partial charge on any atom is -0.468 e. The third kappa shape index (κ3) is 2.82. The van der Waals surface area contributed by atoms with Crippen molar-refractivity contribution in [2.45, 2.75) is 25.4 Å². The topological polar surface area (TPSA) is 29.5 Å². The van der Waals surface area contributed by atoms with E-state index in [1.54, 1.807) is 6.07 Å². The van der Waals surface area contributed by atoms with Crippen LogP contribution in [0.1, 0.15) is 18.4 Å². The number of esters is 1. The van der Waals surface area contributed by atoms with E-state index in [9.17, 15) is 9.18 Å². The molecule has 1 fully saturated rings. The van der Waals surface area contributed by atoms with Crippen LogP contribution in [0.3, 0.4) is 0 Å². The van der Waals surface area contributed by atoms with E-state index >= 15 is 0 Å². The van der Waals surface area contributed by atoms with E-state index in [1.165, 1.54) is 19.2 Å². The monoisotopic (exact) mass is 271 g/mol. The molecule has 1 unspecified atom stereocenters. The van der Waals surface area contributed by atoms with E-state index in [0.29, 0.717) is 6.54 Å². The van der Waals surface area contributed by atoms with Crippen LogP contribution in [0.5, 0.6) is 0 Å². The molecule has 1 heterocycles. The zero-order valence-corrected chi connectivity index (χ0v) is 10.9. The fourth-order valence-corrected chi connectivity index (χ4v) is 2.41. The molecular formula is C13H15ClFNO2. The van der Waals surface area contributed by atoms with Crippen LogP contribution in [0.25, 0.3) is 0 Å². The van der Waals surface area contributed by atoms with Gasteiger partial charge in [0.1, 0.15) is 11.9 Å². The molecule has 1 atom stereocenters. The third-order valence-electron chi connectivity index (χ3n) is 3.21. The number of rotatable bonds is 3. The summed E-state index contributed by atoms with van der Waals surface area (Å²) >= 11 is 5.64. The van der Waals surface area contributed by atoms with Gasteiger partial charge in [0.2, 0.25) is 0 Å². The smallest absolute Gasteiger partial charge is 0.323 e. The maximum Gasteiger partial charge on any atom is 0.323 e. The van der Waals surface area contributed by atoms with E-state index < -0.39 is 5.82 Å². The predicted octanol–water partition coefficient (Wildman–Crippen LogP) is 2.62. The van der Waals surface area contributed by atoms with Crippen molar-refractivity contribution in [3.63, 3.8) is 0 Å². The van der Waals surface area contributed by atoms with Crippen LogP contribution in [-0.4, -0.2) is 30.6 Å². The first-order valence-corrected chi connectivity index (χ1v) is 6.25. The number of hydrogen-bond acceptors (Lipinski definition) is 3.